The summed E-state index contributed by atoms with van der Waals surface area (Å²) in [6, 6.07) is 0. The van der Waals surface area contributed by atoms with E-state index in [0.717, 1.165) is 19.3 Å². The SMILES string of the molecule is CCCC(=O)C(C)(NCCO)C1CC1. The third kappa shape index (κ3) is 2.55. The van der Waals surface area contributed by atoms with Gasteiger partial charge in [0.1, 0.15) is 0 Å². The monoisotopic (exact) mass is 199 g/mol. The maximum absolute atomic E-state index is 11.9. The number of ketones is 1. The summed E-state index contributed by atoms with van der Waals surface area (Å²) in [6.45, 7) is 4.62. The molecule has 3 heteroatoms. The van der Waals surface area contributed by atoms with E-state index < -0.39 is 0 Å². The molecule has 0 bridgehead atoms. The second kappa shape index (κ2) is 4.89. The van der Waals surface area contributed by atoms with Gasteiger partial charge >= 0.3 is 0 Å². The van der Waals surface area contributed by atoms with Crippen molar-refractivity contribution in [2.24, 2.45) is 5.92 Å². The van der Waals surface area contributed by atoms with Crippen LogP contribution in [0.25, 0.3) is 0 Å². The fraction of sp³-hybridized carbons (Fsp3) is 0.909. The van der Waals surface area contributed by atoms with Gasteiger partial charge in [-0.2, -0.15) is 0 Å². The van der Waals surface area contributed by atoms with Crippen LogP contribution >= 0.6 is 0 Å². The van der Waals surface area contributed by atoms with Gasteiger partial charge in [-0.1, -0.05) is 6.92 Å². The molecule has 0 saturated heterocycles. The van der Waals surface area contributed by atoms with Gasteiger partial charge in [-0.05, 0) is 32.1 Å². The van der Waals surface area contributed by atoms with E-state index >= 15 is 0 Å². The molecule has 2 N–H and O–H groups in total. The van der Waals surface area contributed by atoms with Crippen molar-refractivity contribution in [3.63, 3.8) is 0 Å². The molecule has 14 heavy (non-hydrogen) atoms. The number of aliphatic hydroxyl groups is 1. The molecule has 3 nitrogen and oxygen atoms in total. The van der Waals surface area contributed by atoms with Crippen LogP contribution in [0.1, 0.15) is 39.5 Å². The van der Waals surface area contributed by atoms with Gasteiger partial charge < -0.3 is 10.4 Å². The number of aliphatic hydroxyl groups excluding tert-OH is 1. The lowest BCUT2D eigenvalue weighted by molar-refractivity contribution is -0.125. The van der Waals surface area contributed by atoms with Crippen LogP contribution in [0.15, 0.2) is 0 Å². The fourth-order valence-electron chi connectivity index (χ4n) is 1.93. The van der Waals surface area contributed by atoms with Crippen molar-refractivity contribution in [3.05, 3.63) is 0 Å². The molecule has 0 spiro atoms. The van der Waals surface area contributed by atoms with Gasteiger partial charge in [0.15, 0.2) is 5.78 Å². The molecule has 0 amide bonds. The highest BCUT2D eigenvalue weighted by Gasteiger charge is 2.45. The van der Waals surface area contributed by atoms with Crippen molar-refractivity contribution < 1.29 is 9.90 Å². The van der Waals surface area contributed by atoms with Crippen LogP contribution in [0, 0.1) is 5.92 Å². The van der Waals surface area contributed by atoms with Crippen molar-refractivity contribution in [3.8, 4) is 0 Å². The topological polar surface area (TPSA) is 49.3 Å². The molecule has 82 valence electrons. The standard InChI is InChI=1S/C11H21NO2/c1-3-4-10(14)11(2,9-5-6-9)12-7-8-13/h9,12-13H,3-8H2,1-2H3. The molecule has 1 fully saturated rings. The summed E-state index contributed by atoms with van der Waals surface area (Å²) in [5, 5.41) is 12.0. The van der Waals surface area contributed by atoms with Crippen LogP contribution in [-0.2, 0) is 4.79 Å². The van der Waals surface area contributed by atoms with Gasteiger partial charge in [0, 0.05) is 13.0 Å². The van der Waals surface area contributed by atoms with E-state index in [4.69, 9.17) is 5.11 Å². The van der Waals surface area contributed by atoms with E-state index in [-0.39, 0.29) is 12.1 Å². The van der Waals surface area contributed by atoms with Crippen molar-refractivity contribution in [1.82, 2.24) is 5.32 Å². The lowest BCUT2D eigenvalue weighted by Gasteiger charge is -2.29. The highest BCUT2D eigenvalue weighted by Crippen LogP contribution is 2.40. The largest absolute Gasteiger partial charge is 0.395 e. The Kier molecular flexibility index (Phi) is 4.08. The molecule has 1 saturated carbocycles. The number of carbonyl (C=O) groups excluding carboxylic acids is 1. The molecule has 1 aliphatic carbocycles. The Bertz CT molecular complexity index is 201. The third-order valence-electron chi connectivity index (χ3n) is 3.05. The van der Waals surface area contributed by atoms with Crippen LogP contribution < -0.4 is 5.32 Å². The predicted octanol–water partition coefficient (Wildman–Crippen LogP) is 1.11. The normalized spacial score (nSPS) is 20.5. The molecule has 0 radical (unpaired) electrons. The van der Waals surface area contributed by atoms with E-state index in [1.54, 1.807) is 0 Å². The summed E-state index contributed by atoms with van der Waals surface area (Å²) in [5.41, 5.74) is -0.376. The van der Waals surface area contributed by atoms with Gasteiger partial charge in [0.2, 0.25) is 0 Å². The second-order valence-electron chi connectivity index (χ2n) is 4.30. The second-order valence-corrected chi connectivity index (χ2v) is 4.30. The molecule has 0 aromatic rings. The Labute approximate surface area is 85.9 Å². The van der Waals surface area contributed by atoms with Gasteiger partial charge in [-0.3, -0.25) is 4.79 Å². The maximum Gasteiger partial charge on any atom is 0.152 e. The van der Waals surface area contributed by atoms with Crippen LogP contribution in [0.4, 0.5) is 0 Å². The average Bonchev–Trinajstić information content (AvgIpc) is 2.97. The third-order valence-corrected chi connectivity index (χ3v) is 3.05. The zero-order valence-electron chi connectivity index (χ0n) is 9.18. The van der Waals surface area contributed by atoms with Crippen LogP contribution in [0.3, 0.4) is 0 Å². The predicted molar refractivity (Wildman–Crippen MR) is 56.1 cm³/mol. The summed E-state index contributed by atoms with van der Waals surface area (Å²) in [7, 11) is 0. The number of rotatable bonds is 7. The first kappa shape index (κ1) is 11.7. The zero-order valence-corrected chi connectivity index (χ0v) is 9.18. The molecule has 1 unspecified atom stereocenters. The molecule has 1 rings (SSSR count). The molecule has 0 heterocycles. The fourth-order valence-corrected chi connectivity index (χ4v) is 1.93. The first-order valence-electron chi connectivity index (χ1n) is 5.54. The Morgan fingerprint density at radius 1 is 1.57 bits per heavy atom. The van der Waals surface area contributed by atoms with E-state index in [1.165, 1.54) is 0 Å². The van der Waals surface area contributed by atoms with Crippen molar-refractivity contribution >= 4 is 5.78 Å². The van der Waals surface area contributed by atoms with Crippen molar-refractivity contribution in [1.29, 1.82) is 0 Å². The lowest BCUT2D eigenvalue weighted by Crippen LogP contribution is -2.52. The van der Waals surface area contributed by atoms with Gasteiger partial charge in [0.25, 0.3) is 0 Å². The number of hydrogen-bond donors (Lipinski definition) is 2. The quantitative estimate of drug-likeness (QED) is 0.645. The van der Waals surface area contributed by atoms with Crippen LogP contribution in [0.5, 0.6) is 0 Å². The maximum atomic E-state index is 11.9. The van der Waals surface area contributed by atoms with Gasteiger partial charge in [-0.15, -0.1) is 0 Å². The van der Waals surface area contributed by atoms with Crippen molar-refractivity contribution in [2.45, 2.75) is 45.1 Å². The summed E-state index contributed by atoms with van der Waals surface area (Å²) >= 11 is 0. The number of Topliss-reactive ketones (excluding diaryl/α,β-unsaturated/α-hetero) is 1. The molecule has 0 aromatic carbocycles. The first-order chi connectivity index (χ1) is 6.65. The molecule has 1 atom stereocenters. The van der Waals surface area contributed by atoms with Crippen LogP contribution in [0.2, 0.25) is 0 Å². The Hall–Kier alpha value is -0.410. The molecule has 0 aliphatic heterocycles. The molecular formula is C11H21NO2. The molecule has 1 aliphatic rings. The van der Waals surface area contributed by atoms with E-state index in [9.17, 15) is 4.79 Å². The number of carbonyl (C=O) groups is 1. The minimum Gasteiger partial charge on any atom is -0.395 e. The van der Waals surface area contributed by atoms with Gasteiger partial charge in [-0.25, -0.2) is 0 Å². The number of β-amino-alcohol motifs (C(OH)–C–C–N with tert-alkyl or cyclic N) is 1. The first-order valence-corrected chi connectivity index (χ1v) is 5.54. The Morgan fingerprint density at radius 2 is 2.21 bits per heavy atom. The van der Waals surface area contributed by atoms with Crippen LogP contribution in [-0.4, -0.2) is 29.6 Å². The zero-order chi connectivity index (χ0) is 10.6. The summed E-state index contributed by atoms with van der Waals surface area (Å²) in [4.78, 5) is 11.9. The minimum atomic E-state index is -0.376. The van der Waals surface area contributed by atoms with Crippen molar-refractivity contribution in [2.75, 3.05) is 13.2 Å². The summed E-state index contributed by atoms with van der Waals surface area (Å²) in [6.07, 6.45) is 3.84. The summed E-state index contributed by atoms with van der Waals surface area (Å²) in [5.74, 6) is 0.795. The molecule has 0 aromatic heterocycles. The minimum absolute atomic E-state index is 0.0989. The van der Waals surface area contributed by atoms with Gasteiger partial charge in [0.05, 0.1) is 12.1 Å². The van der Waals surface area contributed by atoms with E-state index in [2.05, 4.69) is 5.32 Å². The average molecular weight is 199 g/mol. The number of nitrogens with one attached hydrogen (secondary N) is 1. The molecular weight excluding hydrogens is 178 g/mol. The number of hydrogen-bond acceptors (Lipinski definition) is 3. The van der Waals surface area contributed by atoms with E-state index in [1.807, 2.05) is 13.8 Å². The summed E-state index contributed by atoms with van der Waals surface area (Å²) < 4.78 is 0. The smallest absolute Gasteiger partial charge is 0.152 e. The lowest BCUT2D eigenvalue weighted by atomic mass is 9.88. The highest BCUT2D eigenvalue weighted by molar-refractivity contribution is 5.88. The van der Waals surface area contributed by atoms with E-state index in [0.29, 0.717) is 24.7 Å². The Morgan fingerprint density at radius 3 is 2.64 bits per heavy atom. The Balaban J connectivity index is 2.55. The highest BCUT2D eigenvalue weighted by atomic mass is 16.3.